The number of pyridine rings is 1. The summed E-state index contributed by atoms with van der Waals surface area (Å²) in [4.78, 5) is 16.8. The molecule has 1 amide bonds. The number of fused-ring (bicyclic) bond motifs is 1. The highest BCUT2D eigenvalue weighted by atomic mass is 16.1. The Balaban J connectivity index is 1.98. The van der Waals surface area contributed by atoms with Crippen LogP contribution >= 0.6 is 0 Å². The predicted octanol–water partition coefficient (Wildman–Crippen LogP) is 3.38. The molecule has 2 aromatic carbocycles. The number of aromatic nitrogens is 1. The van der Waals surface area contributed by atoms with E-state index in [2.05, 4.69) is 10.3 Å². The van der Waals surface area contributed by atoms with Crippen molar-refractivity contribution in [2.24, 2.45) is 0 Å². The van der Waals surface area contributed by atoms with Crippen molar-refractivity contribution in [3.05, 3.63) is 65.9 Å². The second-order valence-electron chi connectivity index (χ2n) is 4.91. The van der Waals surface area contributed by atoms with Crippen LogP contribution < -0.4 is 11.1 Å². The number of benzene rings is 2. The molecule has 104 valence electrons. The summed E-state index contributed by atoms with van der Waals surface area (Å²) in [5.74, 6) is -0.196. The fraction of sp³-hybridized carbons (Fsp3) is 0.0588. The van der Waals surface area contributed by atoms with Crippen LogP contribution in [0.25, 0.3) is 10.9 Å². The van der Waals surface area contributed by atoms with Crippen LogP contribution in [0, 0.1) is 6.92 Å². The SMILES string of the molecule is Cc1ccc2cccc(NC(=O)c3cccc(N)c3)c2n1. The number of carbonyl (C=O) groups excluding carboxylic acids is 1. The average molecular weight is 277 g/mol. The molecule has 0 aliphatic carbocycles. The van der Waals surface area contributed by atoms with Gasteiger partial charge < -0.3 is 11.1 Å². The van der Waals surface area contributed by atoms with Crippen molar-refractivity contribution in [3.8, 4) is 0 Å². The number of aryl methyl sites for hydroxylation is 1. The lowest BCUT2D eigenvalue weighted by Crippen LogP contribution is -2.12. The topological polar surface area (TPSA) is 68.0 Å². The molecule has 3 N–H and O–H groups in total. The second kappa shape index (κ2) is 5.25. The zero-order valence-electron chi connectivity index (χ0n) is 11.6. The maximum absolute atomic E-state index is 12.3. The first-order chi connectivity index (χ1) is 10.1. The molecule has 0 spiro atoms. The van der Waals surface area contributed by atoms with Crippen LogP contribution in [0.5, 0.6) is 0 Å². The van der Waals surface area contributed by atoms with Gasteiger partial charge in [0.1, 0.15) is 0 Å². The monoisotopic (exact) mass is 277 g/mol. The van der Waals surface area contributed by atoms with Crippen molar-refractivity contribution in [1.82, 2.24) is 4.98 Å². The van der Waals surface area contributed by atoms with Gasteiger partial charge in [-0.3, -0.25) is 9.78 Å². The lowest BCUT2D eigenvalue weighted by atomic mass is 10.1. The standard InChI is InChI=1S/C17H15N3O/c1-11-8-9-12-4-3-7-15(16(12)19-11)20-17(21)13-5-2-6-14(18)10-13/h2-10H,18H2,1H3,(H,20,21). The number of hydrogen-bond acceptors (Lipinski definition) is 3. The number of rotatable bonds is 2. The molecule has 4 heteroatoms. The average Bonchev–Trinajstić information content (AvgIpc) is 2.48. The lowest BCUT2D eigenvalue weighted by molar-refractivity contribution is 0.102. The van der Waals surface area contributed by atoms with E-state index in [1.807, 2.05) is 37.3 Å². The first-order valence-electron chi connectivity index (χ1n) is 6.67. The minimum atomic E-state index is -0.196. The predicted molar refractivity (Wildman–Crippen MR) is 85.3 cm³/mol. The molecule has 0 unspecified atom stereocenters. The van der Waals surface area contributed by atoms with E-state index in [1.54, 1.807) is 24.3 Å². The summed E-state index contributed by atoms with van der Waals surface area (Å²) in [6.45, 7) is 1.93. The van der Waals surface area contributed by atoms with E-state index in [0.717, 1.165) is 16.6 Å². The normalized spacial score (nSPS) is 10.5. The molecule has 4 nitrogen and oxygen atoms in total. The first-order valence-corrected chi connectivity index (χ1v) is 6.67. The first kappa shape index (κ1) is 13.1. The van der Waals surface area contributed by atoms with Crippen molar-refractivity contribution in [3.63, 3.8) is 0 Å². The molecule has 1 aromatic heterocycles. The Hall–Kier alpha value is -2.88. The van der Waals surface area contributed by atoms with E-state index in [4.69, 9.17) is 5.73 Å². The quantitative estimate of drug-likeness (QED) is 0.706. The molecule has 0 atom stereocenters. The summed E-state index contributed by atoms with van der Waals surface area (Å²) in [5, 5.41) is 3.89. The zero-order chi connectivity index (χ0) is 14.8. The number of nitrogens with two attached hydrogens (primary N) is 1. The van der Waals surface area contributed by atoms with Crippen molar-refractivity contribution in [1.29, 1.82) is 0 Å². The molecule has 0 saturated heterocycles. The van der Waals surface area contributed by atoms with Gasteiger partial charge in [-0.2, -0.15) is 0 Å². The van der Waals surface area contributed by atoms with Crippen LogP contribution in [-0.4, -0.2) is 10.9 Å². The molecule has 0 saturated carbocycles. The summed E-state index contributed by atoms with van der Waals surface area (Å²) < 4.78 is 0. The molecule has 1 heterocycles. The van der Waals surface area contributed by atoms with Gasteiger partial charge in [-0.25, -0.2) is 0 Å². The number of amides is 1. The van der Waals surface area contributed by atoms with E-state index in [1.165, 1.54) is 0 Å². The van der Waals surface area contributed by atoms with Crippen molar-refractivity contribution in [2.45, 2.75) is 6.92 Å². The van der Waals surface area contributed by atoms with E-state index in [-0.39, 0.29) is 5.91 Å². The van der Waals surface area contributed by atoms with E-state index < -0.39 is 0 Å². The minimum absolute atomic E-state index is 0.196. The number of nitrogen functional groups attached to an aromatic ring is 1. The third-order valence-electron chi connectivity index (χ3n) is 3.26. The number of para-hydroxylation sites is 1. The minimum Gasteiger partial charge on any atom is -0.399 e. The summed E-state index contributed by atoms with van der Waals surface area (Å²) in [5.41, 5.74) is 9.19. The number of carbonyl (C=O) groups is 1. The molecule has 0 radical (unpaired) electrons. The smallest absolute Gasteiger partial charge is 0.255 e. The molecular formula is C17H15N3O. The van der Waals surface area contributed by atoms with Gasteiger partial charge in [-0.1, -0.05) is 24.3 Å². The van der Waals surface area contributed by atoms with Crippen LogP contribution in [0.1, 0.15) is 16.1 Å². The Bertz CT molecular complexity index is 827. The van der Waals surface area contributed by atoms with E-state index in [9.17, 15) is 4.79 Å². The van der Waals surface area contributed by atoms with Crippen LogP contribution in [0.4, 0.5) is 11.4 Å². The Labute approximate surface area is 122 Å². The third-order valence-corrected chi connectivity index (χ3v) is 3.26. The molecule has 0 fully saturated rings. The molecule has 3 aromatic rings. The fourth-order valence-electron chi connectivity index (χ4n) is 2.22. The number of nitrogens with one attached hydrogen (secondary N) is 1. The Morgan fingerprint density at radius 2 is 1.90 bits per heavy atom. The number of hydrogen-bond donors (Lipinski definition) is 2. The van der Waals surface area contributed by atoms with Gasteiger partial charge in [0.2, 0.25) is 0 Å². The highest BCUT2D eigenvalue weighted by molar-refractivity contribution is 6.08. The van der Waals surface area contributed by atoms with Crippen LogP contribution in [0.15, 0.2) is 54.6 Å². The Kier molecular flexibility index (Phi) is 3.28. The van der Waals surface area contributed by atoms with Crippen molar-refractivity contribution >= 4 is 28.2 Å². The van der Waals surface area contributed by atoms with Gasteiger partial charge in [0.05, 0.1) is 11.2 Å². The second-order valence-corrected chi connectivity index (χ2v) is 4.91. The van der Waals surface area contributed by atoms with Gasteiger partial charge in [0, 0.05) is 22.3 Å². The maximum atomic E-state index is 12.3. The van der Waals surface area contributed by atoms with Crippen LogP contribution in [0.3, 0.4) is 0 Å². The van der Waals surface area contributed by atoms with Gasteiger partial charge in [0.15, 0.2) is 0 Å². The highest BCUT2D eigenvalue weighted by Crippen LogP contribution is 2.22. The summed E-state index contributed by atoms with van der Waals surface area (Å²) in [6, 6.07) is 16.6. The van der Waals surface area contributed by atoms with Gasteiger partial charge in [-0.15, -0.1) is 0 Å². The molecule has 0 aliphatic heterocycles. The number of anilines is 2. The zero-order valence-corrected chi connectivity index (χ0v) is 11.6. The maximum Gasteiger partial charge on any atom is 0.255 e. The fourth-order valence-corrected chi connectivity index (χ4v) is 2.22. The Morgan fingerprint density at radius 3 is 2.71 bits per heavy atom. The summed E-state index contributed by atoms with van der Waals surface area (Å²) >= 11 is 0. The summed E-state index contributed by atoms with van der Waals surface area (Å²) in [6.07, 6.45) is 0. The molecule has 3 rings (SSSR count). The van der Waals surface area contributed by atoms with E-state index >= 15 is 0 Å². The van der Waals surface area contributed by atoms with Gasteiger partial charge in [0.25, 0.3) is 5.91 Å². The molecule has 21 heavy (non-hydrogen) atoms. The molecule has 0 bridgehead atoms. The van der Waals surface area contributed by atoms with Crippen molar-refractivity contribution in [2.75, 3.05) is 11.1 Å². The highest BCUT2D eigenvalue weighted by Gasteiger charge is 2.09. The van der Waals surface area contributed by atoms with Gasteiger partial charge >= 0.3 is 0 Å². The van der Waals surface area contributed by atoms with Crippen molar-refractivity contribution < 1.29 is 4.79 Å². The Morgan fingerprint density at radius 1 is 1.10 bits per heavy atom. The lowest BCUT2D eigenvalue weighted by Gasteiger charge is -2.09. The van der Waals surface area contributed by atoms with Gasteiger partial charge in [-0.05, 0) is 37.3 Å². The molecule has 0 aliphatic rings. The van der Waals surface area contributed by atoms with Crippen LogP contribution in [-0.2, 0) is 0 Å². The number of nitrogens with zero attached hydrogens (tertiary/aromatic N) is 1. The largest absolute Gasteiger partial charge is 0.399 e. The van der Waals surface area contributed by atoms with E-state index in [0.29, 0.717) is 16.9 Å². The molecular weight excluding hydrogens is 262 g/mol. The third kappa shape index (κ3) is 2.69. The summed E-state index contributed by atoms with van der Waals surface area (Å²) in [7, 11) is 0. The van der Waals surface area contributed by atoms with Crippen LogP contribution in [0.2, 0.25) is 0 Å².